The Bertz CT molecular complexity index is 1140. The van der Waals surface area contributed by atoms with Crippen LogP contribution in [-0.4, -0.2) is 56.1 Å². The van der Waals surface area contributed by atoms with E-state index in [0.29, 0.717) is 19.4 Å². The van der Waals surface area contributed by atoms with Crippen molar-refractivity contribution in [1.82, 2.24) is 9.62 Å². The lowest BCUT2D eigenvalue weighted by Crippen LogP contribution is -2.49. The van der Waals surface area contributed by atoms with Crippen molar-refractivity contribution in [3.8, 4) is 17.2 Å². The molecule has 0 aromatic heterocycles. The van der Waals surface area contributed by atoms with Gasteiger partial charge in [-0.15, -0.1) is 0 Å². The first kappa shape index (κ1) is 23.8. The van der Waals surface area contributed by atoms with E-state index in [2.05, 4.69) is 5.32 Å². The largest absolute Gasteiger partial charge is 0.493 e. The summed E-state index contributed by atoms with van der Waals surface area (Å²) in [6, 6.07) is 8.10. The van der Waals surface area contributed by atoms with E-state index in [4.69, 9.17) is 21.1 Å². The van der Waals surface area contributed by atoms with E-state index < -0.39 is 20.9 Å². The van der Waals surface area contributed by atoms with Gasteiger partial charge in [-0.1, -0.05) is 11.6 Å². The molecule has 1 atom stereocenters. The number of methoxy groups -OCH3 is 1. The Balaban J connectivity index is 1.77. The predicted molar refractivity (Wildman–Crippen MR) is 118 cm³/mol. The summed E-state index contributed by atoms with van der Waals surface area (Å²) in [7, 11) is -1.95. The second kappa shape index (κ2) is 9.72. The molecule has 10 nitrogen and oxygen atoms in total. The summed E-state index contributed by atoms with van der Waals surface area (Å²) in [5.74, 6) is -0.0515. The number of hydrogen-bond acceptors (Lipinski definition) is 7. The molecular formula is C20H22ClN3O7S. The molecule has 1 saturated heterocycles. The highest BCUT2D eigenvalue weighted by atomic mass is 35.5. The van der Waals surface area contributed by atoms with Gasteiger partial charge in [0.2, 0.25) is 15.8 Å². The predicted octanol–water partition coefficient (Wildman–Crippen LogP) is 3.20. The van der Waals surface area contributed by atoms with E-state index in [-0.39, 0.29) is 46.1 Å². The third kappa shape index (κ3) is 5.67. The fourth-order valence-corrected chi connectivity index (χ4v) is 4.44. The number of halogens is 1. The summed E-state index contributed by atoms with van der Waals surface area (Å²) >= 11 is 5.83. The molecule has 1 unspecified atom stereocenters. The standard InChI is InChI=1S/C20H22ClN3O7S/c1-30-19-10-13(20(25)22-15-4-3-9-23(12-15)32(2,28)29)5-7-18(19)31-17-8-6-14(21)11-16(17)24(26)27/h5-8,10-11,15H,3-4,9,12H2,1-2H3,(H,22,25). The van der Waals surface area contributed by atoms with Crippen LogP contribution in [0, 0.1) is 10.1 Å². The number of carbonyl (C=O) groups is 1. The van der Waals surface area contributed by atoms with Gasteiger partial charge in [0.25, 0.3) is 5.91 Å². The molecule has 0 aliphatic carbocycles. The van der Waals surface area contributed by atoms with Crippen molar-refractivity contribution in [2.45, 2.75) is 18.9 Å². The maximum absolute atomic E-state index is 12.7. The molecule has 12 heteroatoms. The number of piperidine rings is 1. The minimum absolute atomic E-state index is 0.0297. The van der Waals surface area contributed by atoms with Gasteiger partial charge in [-0.2, -0.15) is 0 Å². The molecule has 1 N–H and O–H groups in total. The zero-order valence-corrected chi connectivity index (χ0v) is 19.0. The van der Waals surface area contributed by atoms with Crippen LogP contribution in [-0.2, 0) is 10.0 Å². The van der Waals surface area contributed by atoms with Crippen molar-refractivity contribution >= 4 is 33.2 Å². The van der Waals surface area contributed by atoms with Crippen LogP contribution in [0.25, 0.3) is 0 Å². The number of sulfonamides is 1. The van der Waals surface area contributed by atoms with E-state index in [1.807, 2.05) is 0 Å². The fourth-order valence-electron chi connectivity index (χ4n) is 3.36. The smallest absolute Gasteiger partial charge is 0.313 e. The minimum Gasteiger partial charge on any atom is -0.493 e. The number of hydrogen-bond donors (Lipinski definition) is 1. The summed E-state index contributed by atoms with van der Waals surface area (Å²) in [6.45, 7) is 0.644. The topological polar surface area (TPSA) is 128 Å². The summed E-state index contributed by atoms with van der Waals surface area (Å²) < 4.78 is 35.8. The third-order valence-corrected chi connectivity index (χ3v) is 6.46. The average Bonchev–Trinajstić information content (AvgIpc) is 2.74. The van der Waals surface area contributed by atoms with Gasteiger partial charge in [0.1, 0.15) is 0 Å². The molecule has 0 spiro atoms. The van der Waals surface area contributed by atoms with Crippen LogP contribution in [0.4, 0.5) is 5.69 Å². The fraction of sp³-hybridized carbons (Fsp3) is 0.350. The van der Waals surface area contributed by atoms with E-state index in [1.54, 1.807) is 0 Å². The minimum atomic E-state index is -3.33. The molecule has 1 aliphatic heterocycles. The quantitative estimate of drug-likeness (QED) is 0.473. The Labute approximate surface area is 190 Å². The zero-order chi connectivity index (χ0) is 23.5. The summed E-state index contributed by atoms with van der Waals surface area (Å²) in [5.41, 5.74) is -0.0367. The van der Waals surface area contributed by atoms with Crippen LogP contribution in [0.1, 0.15) is 23.2 Å². The lowest BCUT2D eigenvalue weighted by molar-refractivity contribution is -0.385. The Hall–Kier alpha value is -2.89. The number of benzene rings is 2. The Morgan fingerprint density at radius 2 is 1.94 bits per heavy atom. The number of ether oxygens (including phenoxy) is 2. The summed E-state index contributed by atoms with van der Waals surface area (Å²) in [4.78, 5) is 23.4. The second-order valence-corrected chi connectivity index (χ2v) is 9.69. The summed E-state index contributed by atoms with van der Waals surface area (Å²) in [6.07, 6.45) is 2.45. The van der Waals surface area contributed by atoms with Crippen LogP contribution in [0.3, 0.4) is 0 Å². The van der Waals surface area contributed by atoms with Gasteiger partial charge in [0.15, 0.2) is 11.5 Å². The summed E-state index contributed by atoms with van der Waals surface area (Å²) in [5, 5.41) is 14.3. The number of nitro benzene ring substituents is 1. The zero-order valence-electron chi connectivity index (χ0n) is 17.4. The van der Waals surface area contributed by atoms with Crippen molar-refractivity contribution < 1.29 is 27.6 Å². The van der Waals surface area contributed by atoms with Crippen molar-refractivity contribution in [3.63, 3.8) is 0 Å². The number of amides is 1. The normalized spacial score (nSPS) is 16.9. The Kier molecular flexibility index (Phi) is 7.22. The number of carbonyl (C=O) groups excluding carboxylic acids is 1. The highest BCUT2D eigenvalue weighted by Crippen LogP contribution is 2.38. The second-order valence-electron chi connectivity index (χ2n) is 7.27. The average molecular weight is 484 g/mol. The van der Waals surface area contributed by atoms with Crippen LogP contribution < -0.4 is 14.8 Å². The van der Waals surface area contributed by atoms with Crippen molar-refractivity contribution in [1.29, 1.82) is 0 Å². The lowest BCUT2D eigenvalue weighted by Gasteiger charge is -2.31. The molecule has 0 saturated carbocycles. The van der Waals surface area contributed by atoms with Crippen LogP contribution in [0.2, 0.25) is 5.02 Å². The number of nitrogens with one attached hydrogen (secondary N) is 1. The molecule has 3 rings (SSSR count). The molecular weight excluding hydrogens is 462 g/mol. The molecule has 1 aliphatic rings. The van der Waals surface area contributed by atoms with Gasteiger partial charge in [-0.25, -0.2) is 12.7 Å². The van der Waals surface area contributed by atoms with Crippen LogP contribution in [0.5, 0.6) is 17.2 Å². The molecule has 2 aromatic rings. The van der Waals surface area contributed by atoms with Gasteiger partial charge in [0, 0.05) is 35.8 Å². The van der Waals surface area contributed by atoms with E-state index in [9.17, 15) is 23.3 Å². The maximum atomic E-state index is 12.7. The first-order valence-corrected chi connectivity index (χ1v) is 11.9. The van der Waals surface area contributed by atoms with E-state index in [1.165, 1.54) is 47.8 Å². The number of nitro groups is 1. The number of rotatable bonds is 7. The highest BCUT2D eigenvalue weighted by molar-refractivity contribution is 7.88. The Morgan fingerprint density at radius 3 is 2.59 bits per heavy atom. The Morgan fingerprint density at radius 1 is 1.22 bits per heavy atom. The van der Waals surface area contributed by atoms with Gasteiger partial charge in [-0.3, -0.25) is 14.9 Å². The van der Waals surface area contributed by atoms with Crippen LogP contribution >= 0.6 is 11.6 Å². The highest BCUT2D eigenvalue weighted by Gasteiger charge is 2.27. The molecule has 1 amide bonds. The first-order valence-electron chi connectivity index (χ1n) is 9.64. The van der Waals surface area contributed by atoms with Crippen molar-refractivity contribution in [3.05, 3.63) is 57.1 Å². The van der Waals surface area contributed by atoms with E-state index >= 15 is 0 Å². The van der Waals surface area contributed by atoms with E-state index in [0.717, 1.165) is 6.26 Å². The number of nitrogens with zero attached hydrogens (tertiary/aromatic N) is 2. The van der Waals surface area contributed by atoms with Gasteiger partial charge in [0.05, 0.1) is 18.3 Å². The SMILES string of the molecule is COc1cc(C(=O)NC2CCCN(S(C)(=O)=O)C2)ccc1Oc1ccc(Cl)cc1[N+](=O)[O-]. The van der Waals surface area contributed by atoms with Gasteiger partial charge < -0.3 is 14.8 Å². The van der Waals surface area contributed by atoms with Gasteiger partial charge in [-0.05, 0) is 43.2 Å². The first-order chi connectivity index (χ1) is 15.1. The van der Waals surface area contributed by atoms with Gasteiger partial charge >= 0.3 is 5.69 Å². The monoisotopic (exact) mass is 483 g/mol. The third-order valence-electron chi connectivity index (χ3n) is 4.95. The molecule has 172 valence electrons. The van der Waals surface area contributed by atoms with Crippen molar-refractivity contribution in [2.24, 2.45) is 0 Å². The molecule has 2 aromatic carbocycles. The molecule has 0 radical (unpaired) electrons. The van der Waals surface area contributed by atoms with Crippen molar-refractivity contribution in [2.75, 3.05) is 26.5 Å². The molecule has 32 heavy (non-hydrogen) atoms. The molecule has 1 heterocycles. The maximum Gasteiger partial charge on any atom is 0.313 e. The molecule has 0 bridgehead atoms. The van der Waals surface area contributed by atoms with Crippen LogP contribution in [0.15, 0.2) is 36.4 Å². The molecule has 1 fully saturated rings. The lowest BCUT2D eigenvalue weighted by atomic mass is 10.1.